The molecule has 0 amide bonds. The lowest BCUT2D eigenvalue weighted by Gasteiger charge is -2.10. The number of rotatable bonds is 3. The van der Waals surface area contributed by atoms with Crippen LogP contribution in [0.4, 0.5) is 0 Å². The van der Waals surface area contributed by atoms with Crippen LogP contribution in [0.5, 0.6) is 11.5 Å². The second kappa shape index (κ2) is 4.70. The Morgan fingerprint density at radius 3 is 2.44 bits per heavy atom. The van der Waals surface area contributed by atoms with Gasteiger partial charge in [0.2, 0.25) is 0 Å². The summed E-state index contributed by atoms with van der Waals surface area (Å²) in [6, 6.07) is 4.79. The van der Waals surface area contributed by atoms with Gasteiger partial charge in [-0.2, -0.15) is 0 Å². The van der Waals surface area contributed by atoms with E-state index in [1.807, 2.05) is 0 Å². The fourth-order valence-corrected chi connectivity index (χ4v) is 1.90. The zero-order valence-electron chi connectivity index (χ0n) is 9.73. The lowest BCUT2D eigenvalue weighted by atomic mass is 10.1. The number of fused-ring (bicyclic) bond motifs is 1. The van der Waals surface area contributed by atoms with E-state index in [0.717, 1.165) is 0 Å². The topological polar surface area (TPSA) is 68.7 Å². The highest BCUT2D eigenvalue weighted by atomic mass is 35.5. The van der Waals surface area contributed by atoms with Gasteiger partial charge in [0.25, 0.3) is 0 Å². The molecule has 0 saturated carbocycles. The molecule has 0 fully saturated rings. The van der Waals surface area contributed by atoms with E-state index < -0.39 is 5.97 Å². The van der Waals surface area contributed by atoms with Crippen LogP contribution >= 0.6 is 11.6 Å². The van der Waals surface area contributed by atoms with Gasteiger partial charge in [-0.1, -0.05) is 11.6 Å². The van der Waals surface area contributed by atoms with Crippen molar-refractivity contribution in [1.29, 1.82) is 0 Å². The average molecular weight is 268 g/mol. The van der Waals surface area contributed by atoms with Crippen LogP contribution in [0.3, 0.4) is 0 Å². The summed E-state index contributed by atoms with van der Waals surface area (Å²) in [5.41, 5.74) is 0.391. The van der Waals surface area contributed by atoms with Gasteiger partial charge in [-0.05, 0) is 18.2 Å². The lowest BCUT2D eigenvalue weighted by molar-refractivity contribution is 0.0697. The van der Waals surface area contributed by atoms with Gasteiger partial charge in [0, 0.05) is 5.39 Å². The first-order valence-corrected chi connectivity index (χ1v) is 5.40. The number of carbonyl (C=O) groups is 1. The number of carboxylic acids is 1. The Kier molecular flexibility index (Phi) is 3.25. The van der Waals surface area contributed by atoms with Gasteiger partial charge in [-0.25, -0.2) is 9.78 Å². The number of halogens is 1. The predicted molar refractivity (Wildman–Crippen MR) is 66.8 cm³/mol. The number of nitrogens with zero attached hydrogens (tertiary/aromatic N) is 1. The summed E-state index contributed by atoms with van der Waals surface area (Å²) >= 11 is 5.83. The molecular weight excluding hydrogens is 258 g/mol. The quantitative estimate of drug-likeness (QED) is 0.866. The second-order valence-electron chi connectivity index (χ2n) is 3.50. The summed E-state index contributed by atoms with van der Waals surface area (Å²) in [5.74, 6) is -0.124. The van der Waals surface area contributed by atoms with Gasteiger partial charge in [0.05, 0.1) is 19.8 Å². The summed E-state index contributed by atoms with van der Waals surface area (Å²) in [4.78, 5) is 15.1. The van der Waals surface area contributed by atoms with Crippen molar-refractivity contribution in [2.24, 2.45) is 0 Å². The molecule has 5 nitrogen and oxygen atoms in total. The molecule has 0 aliphatic carbocycles. The van der Waals surface area contributed by atoms with E-state index in [4.69, 9.17) is 26.2 Å². The third-order valence-electron chi connectivity index (χ3n) is 2.53. The Morgan fingerprint density at radius 2 is 1.89 bits per heavy atom. The number of ether oxygens (including phenoxy) is 2. The van der Waals surface area contributed by atoms with Crippen molar-refractivity contribution in [2.45, 2.75) is 0 Å². The Morgan fingerprint density at radius 1 is 1.28 bits per heavy atom. The molecule has 0 aliphatic heterocycles. The maximum atomic E-state index is 11.0. The largest absolute Gasteiger partial charge is 0.496 e. The SMILES string of the molecule is COc1ccc(OC)c2nc(Cl)c(C(=O)O)cc12. The van der Waals surface area contributed by atoms with Gasteiger partial charge in [-0.15, -0.1) is 0 Å². The minimum atomic E-state index is -1.14. The molecule has 1 N–H and O–H groups in total. The van der Waals surface area contributed by atoms with E-state index in [9.17, 15) is 4.79 Å². The molecule has 6 heteroatoms. The molecule has 18 heavy (non-hydrogen) atoms. The molecule has 1 heterocycles. The first kappa shape index (κ1) is 12.4. The number of pyridine rings is 1. The van der Waals surface area contributed by atoms with E-state index in [0.29, 0.717) is 22.4 Å². The summed E-state index contributed by atoms with van der Waals surface area (Å²) < 4.78 is 10.3. The molecule has 1 aromatic heterocycles. The number of benzene rings is 1. The second-order valence-corrected chi connectivity index (χ2v) is 3.86. The standard InChI is InChI=1S/C12H10ClNO4/c1-17-8-3-4-9(18-2)10-6(8)5-7(12(15)16)11(13)14-10/h3-5H,1-2H3,(H,15,16). The van der Waals surface area contributed by atoms with Gasteiger partial charge >= 0.3 is 5.97 Å². The number of aromatic nitrogens is 1. The van der Waals surface area contributed by atoms with Crippen molar-refractivity contribution < 1.29 is 19.4 Å². The highest BCUT2D eigenvalue weighted by molar-refractivity contribution is 6.33. The Labute approximate surface area is 108 Å². The Hall–Kier alpha value is -2.01. The molecule has 0 spiro atoms. The normalized spacial score (nSPS) is 10.4. The first-order valence-electron chi connectivity index (χ1n) is 5.03. The van der Waals surface area contributed by atoms with Crippen molar-refractivity contribution in [3.63, 3.8) is 0 Å². The first-order chi connectivity index (χ1) is 8.58. The van der Waals surface area contributed by atoms with Crippen LogP contribution in [-0.2, 0) is 0 Å². The molecule has 1 aromatic carbocycles. The highest BCUT2D eigenvalue weighted by Crippen LogP contribution is 2.34. The van der Waals surface area contributed by atoms with E-state index in [2.05, 4.69) is 4.98 Å². The van der Waals surface area contributed by atoms with Crippen LogP contribution in [0.1, 0.15) is 10.4 Å². The van der Waals surface area contributed by atoms with Gasteiger partial charge in [0.15, 0.2) is 0 Å². The van der Waals surface area contributed by atoms with Crippen LogP contribution in [0.2, 0.25) is 5.15 Å². The highest BCUT2D eigenvalue weighted by Gasteiger charge is 2.16. The van der Waals surface area contributed by atoms with Crippen molar-refractivity contribution in [2.75, 3.05) is 14.2 Å². The van der Waals surface area contributed by atoms with Crippen molar-refractivity contribution in [1.82, 2.24) is 4.98 Å². The molecule has 2 rings (SSSR count). The minimum Gasteiger partial charge on any atom is -0.496 e. The Bertz CT molecular complexity index is 627. The molecule has 0 unspecified atom stereocenters. The maximum Gasteiger partial charge on any atom is 0.338 e. The zero-order chi connectivity index (χ0) is 13.3. The van der Waals surface area contributed by atoms with Crippen molar-refractivity contribution in [3.8, 4) is 11.5 Å². The van der Waals surface area contributed by atoms with Crippen molar-refractivity contribution in [3.05, 3.63) is 28.9 Å². The monoisotopic (exact) mass is 267 g/mol. The third kappa shape index (κ3) is 1.93. The molecule has 0 saturated heterocycles. The average Bonchev–Trinajstić information content (AvgIpc) is 2.36. The van der Waals surface area contributed by atoms with Crippen LogP contribution in [0.15, 0.2) is 18.2 Å². The smallest absolute Gasteiger partial charge is 0.338 e. The molecule has 0 aliphatic rings. The number of methoxy groups -OCH3 is 2. The number of hydrogen-bond acceptors (Lipinski definition) is 4. The molecule has 2 aromatic rings. The van der Waals surface area contributed by atoms with Gasteiger partial charge in [-0.3, -0.25) is 0 Å². The molecular formula is C12H10ClNO4. The summed E-state index contributed by atoms with van der Waals surface area (Å²) in [7, 11) is 3.00. The minimum absolute atomic E-state index is 0.0734. The van der Waals surface area contributed by atoms with E-state index in [1.54, 1.807) is 12.1 Å². The van der Waals surface area contributed by atoms with Crippen LogP contribution in [0.25, 0.3) is 10.9 Å². The summed E-state index contributed by atoms with van der Waals surface area (Å²) in [6.07, 6.45) is 0. The van der Waals surface area contributed by atoms with Crippen LogP contribution in [0, 0.1) is 0 Å². The number of aromatic carboxylic acids is 1. The molecule has 0 radical (unpaired) electrons. The Balaban J connectivity index is 2.85. The zero-order valence-corrected chi connectivity index (χ0v) is 10.5. The van der Waals surface area contributed by atoms with Crippen LogP contribution in [-0.4, -0.2) is 30.3 Å². The maximum absolute atomic E-state index is 11.0. The summed E-state index contributed by atoms with van der Waals surface area (Å²) in [5, 5.41) is 9.48. The van der Waals surface area contributed by atoms with E-state index in [1.165, 1.54) is 20.3 Å². The molecule has 94 valence electrons. The van der Waals surface area contributed by atoms with Gasteiger partial charge in [0.1, 0.15) is 22.2 Å². The molecule has 0 bridgehead atoms. The third-order valence-corrected chi connectivity index (χ3v) is 2.82. The predicted octanol–water partition coefficient (Wildman–Crippen LogP) is 2.60. The number of hydrogen-bond donors (Lipinski definition) is 1. The van der Waals surface area contributed by atoms with E-state index in [-0.39, 0.29) is 10.7 Å². The fraction of sp³-hybridized carbons (Fsp3) is 0.167. The lowest BCUT2D eigenvalue weighted by Crippen LogP contribution is -2.01. The van der Waals surface area contributed by atoms with Gasteiger partial charge < -0.3 is 14.6 Å². The molecule has 0 atom stereocenters. The summed E-state index contributed by atoms with van der Waals surface area (Å²) in [6.45, 7) is 0. The fourth-order valence-electron chi connectivity index (χ4n) is 1.68. The number of carboxylic acid groups (broad SMARTS) is 1. The van der Waals surface area contributed by atoms with Crippen LogP contribution < -0.4 is 9.47 Å². The van der Waals surface area contributed by atoms with Crippen molar-refractivity contribution >= 4 is 28.5 Å². The van der Waals surface area contributed by atoms with E-state index >= 15 is 0 Å².